The van der Waals surface area contributed by atoms with Crippen LogP contribution in [0.15, 0.2) is 36.5 Å². The van der Waals surface area contributed by atoms with E-state index in [0.717, 1.165) is 38.5 Å². The number of hydrogen-bond acceptors (Lipinski definition) is 4. The fourth-order valence-corrected chi connectivity index (χ4v) is 4.08. The summed E-state index contributed by atoms with van der Waals surface area (Å²) >= 11 is 0. The van der Waals surface area contributed by atoms with Gasteiger partial charge in [0.25, 0.3) is 0 Å². The normalized spacial score (nSPS) is 14.2. The van der Waals surface area contributed by atoms with E-state index in [0.29, 0.717) is 25.5 Å². The number of amides is 1. The minimum Gasteiger partial charge on any atom is -0.378 e. The third-order valence-corrected chi connectivity index (χ3v) is 6.23. The predicted octanol–water partition coefficient (Wildman–Crippen LogP) is 4.92. The molecule has 5 nitrogen and oxygen atoms in total. The van der Waals surface area contributed by atoms with Gasteiger partial charge in [-0.15, -0.1) is 0 Å². The van der Waals surface area contributed by atoms with Crippen molar-refractivity contribution in [2.45, 2.75) is 83.8 Å². The van der Waals surface area contributed by atoms with Gasteiger partial charge < -0.3 is 20.7 Å². The first-order chi connectivity index (χ1) is 14.1. The van der Waals surface area contributed by atoms with Crippen molar-refractivity contribution in [3.8, 4) is 0 Å². The standard InChI is InChI=1S/C23H43N2O3P/c1-2-3-4-5-6-7-8-9-10-11-12-13-14-15-16-18-23(27)25-19-17-20-29(28)21-22(24)26/h3-4,6-7,9-10,22,26,29H,2,5,8,11-21,24H2,1H3,(H,25,27). The monoisotopic (exact) mass is 426 g/mol. The van der Waals surface area contributed by atoms with Crippen LogP contribution in [0.3, 0.4) is 0 Å². The molecule has 2 atom stereocenters. The Hall–Kier alpha value is -1.16. The van der Waals surface area contributed by atoms with Gasteiger partial charge in [-0.1, -0.05) is 62.6 Å². The number of aliphatic hydroxyl groups is 1. The van der Waals surface area contributed by atoms with Gasteiger partial charge in [0.05, 0.1) is 7.80 Å². The average Bonchev–Trinajstić information content (AvgIpc) is 2.67. The minimum atomic E-state index is -1.82. The number of carbonyl (C=O) groups excluding carboxylic acids is 1. The smallest absolute Gasteiger partial charge is 0.219 e. The molecular weight excluding hydrogens is 383 g/mol. The highest BCUT2D eigenvalue weighted by Gasteiger charge is 2.05. The highest BCUT2D eigenvalue weighted by atomic mass is 31.1. The van der Waals surface area contributed by atoms with Crippen molar-refractivity contribution in [1.82, 2.24) is 5.32 Å². The Balaban J connectivity index is 3.39. The highest BCUT2D eigenvalue weighted by Crippen LogP contribution is 2.20. The number of aliphatic hydroxyl groups excluding tert-OH is 1. The van der Waals surface area contributed by atoms with Gasteiger partial charge in [0.1, 0.15) is 6.23 Å². The number of nitrogens with two attached hydrogens (primary N) is 1. The number of unbranched alkanes of at least 4 members (excludes halogenated alkanes) is 5. The van der Waals surface area contributed by atoms with Crippen LogP contribution in [-0.4, -0.2) is 36.1 Å². The SMILES string of the molecule is CCC=CCC=CCC=CCCCCCCCC(=O)NCCC[PH](=O)CC(N)O. The van der Waals surface area contributed by atoms with Crippen LogP contribution in [0.5, 0.6) is 0 Å². The van der Waals surface area contributed by atoms with Crippen molar-refractivity contribution in [2.24, 2.45) is 5.73 Å². The summed E-state index contributed by atoms with van der Waals surface area (Å²) in [7, 11) is -1.82. The molecule has 0 spiro atoms. The number of nitrogens with one attached hydrogen (secondary N) is 1. The van der Waals surface area contributed by atoms with E-state index in [9.17, 15) is 9.36 Å². The summed E-state index contributed by atoms with van der Waals surface area (Å²) in [6.45, 7) is 2.70. The van der Waals surface area contributed by atoms with Crippen molar-refractivity contribution in [3.63, 3.8) is 0 Å². The molecule has 0 aliphatic rings. The molecule has 0 rings (SSSR count). The fourth-order valence-electron chi connectivity index (χ4n) is 2.84. The Bertz CT molecular complexity index is 502. The molecule has 0 bridgehead atoms. The summed E-state index contributed by atoms with van der Waals surface area (Å²) < 4.78 is 11.6. The van der Waals surface area contributed by atoms with Crippen LogP contribution in [0.4, 0.5) is 0 Å². The van der Waals surface area contributed by atoms with Crippen LogP contribution in [0.1, 0.15) is 77.6 Å². The Morgan fingerprint density at radius 2 is 1.59 bits per heavy atom. The lowest BCUT2D eigenvalue weighted by atomic mass is 10.1. The zero-order valence-corrected chi connectivity index (χ0v) is 19.3. The maximum atomic E-state index is 11.7. The number of rotatable bonds is 19. The van der Waals surface area contributed by atoms with Crippen LogP contribution < -0.4 is 11.1 Å². The van der Waals surface area contributed by atoms with Crippen molar-refractivity contribution in [3.05, 3.63) is 36.5 Å². The van der Waals surface area contributed by atoms with Gasteiger partial charge in [0.15, 0.2) is 0 Å². The lowest BCUT2D eigenvalue weighted by molar-refractivity contribution is -0.121. The van der Waals surface area contributed by atoms with E-state index >= 15 is 0 Å². The summed E-state index contributed by atoms with van der Waals surface area (Å²) in [6, 6.07) is 0. The van der Waals surface area contributed by atoms with Crippen LogP contribution in [0.2, 0.25) is 0 Å². The van der Waals surface area contributed by atoms with Crippen molar-refractivity contribution >= 4 is 13.7 Å². The molecule has 2 unspecified atom stereocenters. The molecule has 168 valence electrons. The van der Waals surface area contributed by atoms with E-state index in [1.54, 1.807) is 0 Å². The van der Waals surface area contributed by atoms with Crippen molar-refractivity contribution < 1.29 is 14.5 Å². The molecule has 0 radical (unpaired) electrons. The van der Waals surface area contributed by atoms with E-state index < -0.39 is 14.0 Å². The van der Waals surface area contributed by atoms with Crippen molar-refractivity contribution in [1.29, 1.82) is 0 Å². The van der Waals surface area contributed by atoms with E-state index in [1.807, 2.05) is 0 Å². The van der Waals surface area contributed by atoms with Crippen LogP contribution >= 0.6 is 7.80 Å². The first-order valence-corrected chi connectivity index (χ1v) is 13.1. The fraction of sp³-hybridized carbons (Fsp3) is 0.696. The van der Waals surface area contributed by atoms with Crippen LogP contribution in [0.25, 0.3) is 0 Å². The van der Waals surface area contributed by atoms with Crippen molar-refractivity contribution in [2.75, 3.05) is 18.9 Å². The van der Waals surface area contributed by atoms with Gasteiger partial charge in [-0.25, -0.2) is 0 Å². The van der Waals surface area contributed by atoms with E-state index in [1.165, 1.54) is 19.3 Å². The quantitative estimate of drug-likeness (QED) is 0.118. The Labute approximate surface area is 178 Å². The first-order valence-electron chi connectivity index (χ1n) is 11.2. The van der Waals surface area contributed by atoms with Gasteiger partial charge in [-0.3, -0.25) is 4.79 Å². The van der Waals surface area contributed by atoms with Crippen LogP contribution in [-0.2, 0) is 9.36 Å². The zero-order chi connectivity index (χ0) is 21.6. The van der Waals surface area contributed by atoms with E-state index in [2.05, 4.69) is 48.7 Å². The molecule has 0 aliphatic heterocycles. The van der Waals surface area contributed by atoms with Gasteiger partial charge in [0, 0.05) is 25.3 Å². The lowest BCUT2D eigenvalue weighted by Gasteiger charge is -2.06. The van der Waals surface area contributed by atoms with E-state index in [-0.39, 0.29) is 12.1 Å². The maximum Gasteiger partial charge on any atom is 0.219 e. The zero-order valence-electron chi connectivity index (χ0n) is 18.3. The number of carbonyl (C=O) groups is 1. The molecule has 0 fully saturated rings. The second kappa shape index (κ2) is 21.5. The maximum absolute atomic E-state index is 11.7. The Morgan fingerprint density at radius 1 is 0.966 bits per heavy atom. The summed E-state index contributed by atoms with van der Waals surface area (Å²) in [5, 5.41) is 11.8. The summed E-state index contributed by atoms with van der Waals surface area (Å²) in [4.78, 5) is 11.7. The number of hydrogen-bond donors (Lipinski definition) is 3. The largest absolute Gasteiger partial charge is 0.378 e. The van der Waals surface area contributed by atoms with Gasteiger partial charge in [0.2, 0.25) is 5.91 Å². The average molecular weight is 427 g/mol. The molecule has 4 N–H and O–H groups in total. The molecule has 29 heavy (non-hydrogen) atoms. The third-order valence-electron chi connectivity index (χ3n) is 4.45. The third kappa shape index (κ3) is 23.0. The molecule has 0 aromatic rings. The lowest BCUT2D eigenvalue weighted by Crippen LogP contribution is -2.25. The van der Waals surface area contributed by atoms with Gasteiger partial charge in [-0.2, -0.15) is 0 Å². The van der Waals surface area contributed by atoms with Crippen LogP contribution in [0, 0.1) is 0 Å². The highest BCUT2D eigenvalue weighted by molar-refractivity contribution is 7.44. The second-order valence-electron chi connectivity index (χ2n) is 7.36. The molecule has 0 aromatic carbocycles. The molecule has 1 amide bonds. The molecule has 0 aliphatic carbocycles. The minimum absolute atomic E-state index is 0.0738. The van der Waals surface area contributed by atoms with Gasteiger partial charge in [-0.05, 0) is 44.9 Å². The van der Waals surface area contributed by atoms with E-state index in [4.69, 9.17) is 10.8 Å². The predicted molar refractivity (Wildman–Crippen MR) is 126 cm³/mol. The molecule has 0 saturated carbocycles. The molecule has 0 saturated heterocycles. The summed E-state index contributed by atoms with van der Waals surface area (Å²) in [5.74, 6) is 0.0738. The molecular formula is C23H43N2O3P. The summed E-state index contributed by atoms with van der Waals surface area (Å²) in [6.07, 6.45) is 24.2. The Kier molecular flexibility index (Phi) is 20.7. The molecule has 0 heterocycles. The second-order valence-corrected chi connectivity index (χ2v) is 9.35. The number of allylic oxidation sites excluding steroid dienone is 6. The van der Waals surface area contributed by atoms with Gasteiger partial charge >= 0.3 is 0 Å². The molecule has 0 aromatic heterocycles. The first kappa shape index (κ1) is 27.8. The Morgan fingerprint density at radius 3 is 2.28 bits per heavy atom. The topological polar surface area (TPSA) is 92.4 Å². The summed E-state index contributed by atoms with van der Waals surface area (Å²) in [5.41, 5.74) is 5.20. The molecule has 6 heteroatoms.